The van der Waals surface area contributed by atoms with Gasteiger partial charge < -0.3 is 37.1 Å². The largest absolute Gasteiger partial charge is 0.508 e. The number of anilines is 2. The summed E-state index contributed by atoms with van der Waals surface area (Å²) in [5.74, 6) is 0.792. The maximum absolute atomic E-state index is 13.1. The molecule has 0 aliphatic carbocycles. The number of phenols is 2. The van der Waals surface area contributed by atoms with Crippen LogP contribution in [0.5, 0.6) is 17.2 Å². The first kappa shape index (κ1) is 57.3. The summed E-state index contributed by atoms with van der Waals surface area (Å²) in [4.78, 5) is 58.7. The lowest BCUT2D eigenvalue weighted by Crippen LogP contribution is -2.44. The Morgan fingerprint density at radius 1 is 0.507 bits per heavy atom. The van der Waals surface area contributed by atoms with Crippen LogP contribution in [0.4, 0.5) is 11.4 Å². The van der Waals surface area contributed by atoms with Crippen molar-refractivity contribution in [2.75, 3.05) is 18.1 Å². The van der Waals surface area contributed by atoms with Crippen LogP contribution in [-0.4, -0.2) is 53.0 Å². The van der Waals surface area contributed by atoms with Crippen molar-refractivity contribution in [1.82, 2.24) is 10.6 Å². The molecule has 6 rings (SSSR count). The van der Waals surface area contributed by atoms with E-state index in [1.54, 1.807) is 48.5 Å². The number of ether oxygens (including phenoxy) is 1. The molecule has 0 saturated heterocycles. The molecule has 0 aliphatic heterocycles. The van der Waals surface area contributed by atoms with Gasteiger partial charge in [-0.2, -0.15) is 19.2 Å². The zero-order valence-corrected chi connectivity index (χ0v) is 41.6. The third kappa shape index (κ3) is 21.1. The van der Waals surface area contributed by atoms with Gasteiger partial charge in [-0.05, 0) is 138 Å². The van der Waals surface area contributed by atoms with Gasteiger partial charge in [0.05, 0.1) is 12.3 Å². The smallest absolute Gasteiger partial charge is 0.373 e. The van der Waals surface area contributed by atoms with Crippen LogP contribution < -0.4 is 26.8 Å². The number of rotatable bonds is 17. The van der Waals surface area contributed by atoms with Crippen molar-refractivity contribution < 1.29 is 43.7 Å². The normalized spacial score (nSPS) is 11.5. The molecule has 8 N–H and O–H groups in total. The monoisotopic (exact) mass is 964 g/mol. The van der Waals surface area contributed by atoms with E-state index in [-0.39, 0.29) is 58.5 Å². The van der Waals surface area contributed by atoms with Crippen molar-refractivity contribution in [2.24, 2.45) is 10.8 Å². The summed E-state index contributed by atoms with van der Waals surface area (Å²) >= 11 is 0. The zero-order valence-electron chi connectivity index (χ0n) is 41.6. The Balaban J connectivity index is 0.000000338. The van der Waals surface area contributed by atoms with E-state index < -0.39 is 0 Å². The minimum atomic E-state index is -0.133. The van der Waals surface area contributed by atoms with E-state index in [1.807, 2.05) is 72.8 Å². The molecular formula is C58H68N4O9. The minimum Gasteiger partial charge on any atom is -0.508 e. The third-order valence-corrected chi connectivity index (χ3v) is 11.7. The Kier molecular flexibility index (Phi) is 23.5. The second-order valence-electron chi connectivity index (χ2n) is 19.1. The quantitative estimate of drug-likeness (QED) is 0.0472. The summed E-state index contributed by atoms with van der Waals surface area (Å²) in [6, 6.07) is 45.6. The summed E-state index contributed by atoms with van der Waals surface area (Å²) in [6.07, 6.45) is 6.23. The summed E-state index contributed by atoms with van der Waals surface area (Å²) in [6.45, 7) is 13.3. The standard InChI is InChI=1S/C28H34N2O3.C28H34N2O2.2CO2/c1-28(2,3)26(16-11-20-7-5-4-6-8-20)30-27(32)22-12-15-24(29)25(19-22)33-18-17-21-9-13-23(31)14-10-21;1-28(2,3)26(18-12-20-7-5-4-6-8-20)30-27(32)23-14-17-25(29)22(19-23)13-9-21-10-15-24(31)16-11-21;2*2-1-3/h4-10,12-15,19,26,31H,11,16-18,29H2,1-3H3,(H,30,32);4-8,10-11,14-17,19,26,31H,9,12-13,18,29H2,1-3H3,(H,30,32);;/t2*26-;;/m00../s1. The molecule has 0 aromatic heterocycles. The van der Waals surface area contributed by atoms with Gasteiger partial charge in [0.1, 0.15) is 17.2 Å². The number of nitrogens with two attached hydrogens (primary N) is 2. The summed E-state index contributed by atoms with van der Waals surface area (Å²) < 4.78 is 5.87. The van der Waals surface area contributed by atoms with Crippen molar-refractivity contribution in [2.45, 2.75) is 98.6 Å². The Labute approximate surface area is 417 Å². The molecular weight excluding hydrogens is 897 g/mol. The van der Waals surface area contributed by atoms with Gasteiger partial charge in [-0.3, -0.25) is 9.59 Å². The van der Waals surface area contributed by atoms with Gasteiger partial charge in [-0.25, -0.2) is 0 Å². The van der Waals surface area contributed by atoms with Gasteiger partial charge in [0.2, 0.25) is 0 Å². The van der Waals surface area contributed by atoms with E-state index in [1.165, 1.54) is 11.1 Å². The lowest BCUT2D eigenvalue weighted by Gasteiger charge is -2.32. The molecule has 0 heterocycles. The number of benzene rings is 6. The van der Waals surface area contributed by atoms with Gasteiger partial charge in [0.25, 0.3) is 11.8 Å². The molecule has 0 unspecified atom stereocenters. The number of nitrogens with one attached hydrogen (secondary N) is 2. The molecule has 0 spiro atoms. The lowest BCUT2D eigenvalue weighted by molar-refractivity contribution is -0.193. The van der Waals surface area contributed by atoms with E-state index in [9.17, 15) is 19.8 Å². The van der Waals surface area contributed by atoms with E-state index in [4.69, 9.17) is 35.4 Å². The average Bonchev–Trinajstić information content (AvgIpc) is 3.33. The van der Waals surface area contributed by atoms with Crippen molar-refractivity contribution >= 4 is 35.5 Å². The third-order valence-electron chi connectivity index (χ3n) is 11.7. The second-order valence-corrected chi connectivity index (χ2v) is 19.1. The number of carbonyl (C=O) groups excluding carboxylic acids is 6. The van der Waals surface area contributed by atoms with E-state index in [0.717, 1.165) is 55.2 Å². The molecule has 2 amide bonds. The first-order chi connectivity index (χ1) is 33.8. The van der Waals surface area contributed by atoms with Crippen LogP contribution in [-0.2, 0) is 51.3 Å². The summed E-state index contributed by atoms with van der Waals surface area (Å²) in [5, 5.41) is 25.3. The van der Waals surface area contributed by atoms with Gasteiger partial charge in [-0.15, -0.1) is 0 Å². The Bertz CT molecular complexity index is 2600. The molecule has 0 radical (unpaired) electrons. The molecule has 0 fully saturated rings. The topological polar surface area (TPSA) is 228 Å². The van der Waals surface area contributed by atoms with Crippen LogP contribution in [0.2, 0.25) is 0 Å². The lowest BCUT2D eigenvalue weighted by atomic mass is 9.83. The molecule has 13 nitrogen and oxygen atoms in total. The van der Waals surface area contributed by atoms with Crippen molar-refractivity contribution in [1.29, 1.82) is 0 Å². The highest BCUT2D eigenvalue weighted by Gasteiger charge is 2.28. The van der Waals surface area contributed by atoms with Crippen LogP contribution in [0.25, 0.3) is 0 Å². The fourth-order valence-corrected chi connectivity index (χ4v) is 7.49. The van der Waals surface area contributed by atoms with Gasteiger partial charge >= 0.3 is 12.3 Å². The SMILES string of the molecule is CC(C)(C)[C@H](CCc1ccccc1)NC(=O)c1ccc(N)c(CCc2ccc(O)cc2)c1.CC(C)(C)[C@H](CCc1ccccc1)NC(=O)c1ccc(N)c(OCCc2ccc(O)cc2)c1.O=C=O.O=C=O. The summed E-state index contributed by atoms with van der Waals surface area (Å²) in [5.41, 5.74) is 20.1. The van der Waals surface area contributed by atoms with Crippen LogP contribution in [0.3, 0.4) is 0 Å². The number of aromatic hydroxyl groups is 2. The molecule has 0 aliphatic rings. The number of amides is 2. The predicted molar refractivity (Wildman–Crippen MR) is 275 cm³/mol. The Morgan fingerprint density at radius 3 is 1.31 bits per heavy atom. The fourth-order valence-electron chi connectivity index (χ4n) is 7.49. The first-order valence-corrected chi connectivity index (χ1v) is 23.4. The molecule has 2 atom stereocenters. The summed E-state index contributed by atoms with van der Waals surface area (Å²) in [7, 11) is 0. The van der Waals surface area contributed by atoms with E-state index >= 15 is 0 Å². The molecule has 374 valence electrons. The first-order valence-electron chi connectivity index (χ1n) is 23.4. The maximum atomic E-state index is 13.1. The van der Waals surface area contributed by atoms with Crippen LogP contribution in [0.1, 0.15) is 103 Å². The molecule has 71 heavy (non-hydrogen) atoms. The van der Waals surface area contributed by atoms with Crippen molar-refractivity contribution in [3.8, 4) is 17.2 Å². The highest BCUT2D eigenvalue weighted by molar-refractivity contribution is 5.96. The molecule has 13 heteroatoms. The fraction of sp³-hybridized carbons (Fsp3) is 0.310. The number of carbonyl (C=O) groups is 2. The molecule has 6 aromatic carbocycles. The number of hydrogen-bond donors (Lipinski definition) is 6. The maximum Gasteiger partial charge on any atom is 0.373 e. The number of hydrogen-bond acceptors (Lipinski definition) is 11. The van der Waals surface area contributed by atoms with Gasteiger partial charge in [-0.1, -0.05) is 126 Å². The Hall–Kier alpha value is -7.98. The van der Waals surface area contributed by atoms with Crippen LogP contribution in [0.15, 0.2) is 146 Å². The highest BCUT2D eigenvalue weighted by atomic mass is 16.5. The van der Waals surface area contributed by atoms with Gasteiger partial charge in [0.15, 0.2) is 0 Å². The number of nitrogen functional groups attached to an aromatic ring is 2. The molecule has 6 aromatic rings. The second kappa shape index (κ2) is 29.1. The van der Waals surface area contributed by atoms with Crippen LogP contribution in [0, 0.1) is 10.8 Å². The molecule has 0 bridgehead atoms. The highest BCUT2D eigenvalue weighted by Crippen LogP contribution is 2.28. The minimum absolute atomic E-state index is 0.0154. The zero-order chi connectivity index (χ0) is 52.4. The molecule has 0 saturated carbocycles. The van der Waals surface area contributed by atoms with E-state index in [0.29, 0.717) is 41.3 Å². The van der Waals surface area contributed by atoms with E-state index in [2.05, 4.69) is 76.4 Å². The van der Waals surface area contributed by atoms with Crippen molar-refractivity contribution in [3.05, 3.63) is 185 Å². The average molecular weight is 965 g/mol. The number of phenolic OH excluding ortho intramolecular Hbond substituents is 2. The predicted octanol–water partition coefficient (Wildman–Crippen LogP) is 9.74. The van der Waals surface area contributed by atoms with Crippen LogP contribution >= 0.6 is 0 Å². The van der Waals surface area contributed by atoms with Crippen molar-refractivity contribution in [3.63, 3.8) is 0 Å². The Morgan fingerprint density at radius 2 is 0.887 bits per heavy atom. The number of aryl methyl sites for hydroxylation is 4. The van der Waals surface area contributed by atoms with Gasteiger partial charge in [0, 0.05) is 35.3 Å².